The molecule has 2 amide bonds. The summed E-state index contributed by atoms with van der Waals surface area (Å²) in [4.78, 5) is 27.1. The standard InChI is InChI=1S/C23H28N2O3/c1-16(18-11-10-17-6-2-3-7-19(17)14-18)24-22(26)20-8-4-12-25(15-20)23(27)21-9-5-13-28-21/h5,9-11,13-14,16,20H,2-4,6-8,12,15H2,1H3,(H,24,26)/t16-,20+/m0/s1. The summed E-state index contributed by atoms with van der Waals surface area (Å²) in [6.45, 7) is 3.16. The molecule has 2 atom stereocenters. The van der Waals surface area contributed by atoms with Gasteiger partial charge in [-0.1, -0.05) is 18.2 Å². The highest BCUT2D eigenvalue weighted by atomic mass is 16.3. The van der Waals surface area contributed by atoms with E-state index in [0.717, 1.165) is 31.2 Å². The fourth-order valence-corrected chi connectivity index (χ4v) is 4.37. The number of carbonyl (C=O) groups excluding carboxylic acids is 2. The van der Waals surface area contributed by atoms with Gasteiger partial charge in [-0.2, -0.15) is 0 Å². The Hall–Kier alpha value is -2.56. The molecule has 1 aliphatic carbocycles. The third-order valence-electron chi connectivity index (χ3n) is 6.04. The number of likely N-dealkylation sites (tertiary alicyclic amines) is 1. The first kappa shape index (κ1) is 18.8. The molecule has 1 fully saturated rings. The van der Waals surface area contributed by atoms with Crippen molar-refractivity contribution in [1.29, 1.82) is 0 Å². The molecule has 2 aliphatic rings. The van der Waals surface area contributed by atoms with Crippen molar-refractivity contribution in [3.63, 3.8) is 0 Å². The van der Waals surface area contributed by atoms with E-state index in [0.29, 0.717) is 18.8 Å². The van der Waals surface area contributed by atoms with Crippen LogP contribution in [0.2, 0.25) is 0 Å². The van der Waals surface area contributed by atoms with Gasteiger partial charge in [0.25, 0.3) is 5.91 Å². The summed E-state index contributed by atoms with van der Waals surface area (Å²) >= 11 is 0. The molecule has 28 heavy (non-hydrogen) atoms. The van der Waals surface area contributed by atoms with Crippen molar-refractivity contribution in [2.75, 3.05) is 13.1 Å². The minimum atomic E-state index is -0.173. The molecule has 1 aromatic carbocycles. The van der Waals surface area contributed by atoms with Crippen molar-refractivity contribution >= 4 is 11.8 Å². The summed E-state index contributed by atoms with van der Waals surface area (Å²) < 4.78 is 5.22. The molecular weight excluding hydrogens is 352 g/mol. The van der Waals surface area contributed by atoms with Crippen LogP contribution in [-0.2, 0) is 17.6 Å². The van der Waals surface area contributed by atoms with E-state index in [9.17, 15) is 9.59 Å². The van der Waals surface area contributed by atoms with Gasteiger partial charge in [0.05, 0.1) is 18.2 Å². The maximum Gasteiger partial charge on any atom is 0.289 e. The second-order valence-corrected chi connectivity index (χ2v) is 8.03. The maximum absolute atomic E-state index is 12.9. The summed E-state index contributed by atoms with van der Waals surface area (Å²) in [6, 6.07) is 9.97. The van der Waals surface area contributed by atoms with Gasteiger partial charge in [-0.25, -0.2) is 0 Å². The van der Waals surface area contributed by atoms with Gasteiger partial charge in [0.15, 0.2) is 5.76 Å². The van der Waals surface area contributed by atoms with Gasteiger partial charge in [0.1, 0.15) is 0 Å². The average Bonchev–Trinajstić information content (AvgIpc) is 3.27. The van der Waals surface area contributed by atoms with E-state index >= 15 is 0 Å². The second-order valence-electron chi connectivity index (χ2n) is 8.03. The van der Waals surface area contributed by atoms with Crippen LogP contribution in [0, 0.1) is 5.92 Å². The van der Waals surface area contributed by atoms with Crippen LogP contribution >= 0.6 is 0 Å². The number of furan rings is 1. The van der Waals surface area contributed by atoms with Crippen LogP contribution in [-0.4, -0.2) is 29.8 Å². The number of carbonyl (C=O) groups is 2. The minimum Gasteiger partial charge on any atom is -0.459 e. The minimum absolute atomic E-state index is 0.0298. The zero-order valence-corrected chi connectivity index (χ0v) is 16.4. The number of hydrogen-bond donors (Lipinski definition) is 1. The largest absolute Gasteiger partial charge is 0.459 e. The lowest BCUT2D eigenvalue weighted by Gasteiger charge is -2.32. The first-order valence-electron chi connectivity index (χ1n) is 10.4. The van der Waals surface area contributed by atoms with Crippen molar-refractivity contribution in [1.82, 2.24) is 10.2 Å². The van der Waals surface area contributed by atoms with Gasteiger partial charge in [-0.15, -0.1) is 0 Å². The van der Waals surface area contributed by atoms with Crippen LogP contribution in [0.1, 0.15) is 65.9 Å². The Kier molecular flexibility index (Phi) is 5.51. The number of amides is 2. The van der Waals surface area contributed by atoms with Crippen molar-refractivity contribution in [2.24, 2.45) is 5.92 Å². The van der Waals surface area contributed by atoms with Crippen molar-refractivity contribution in [3.8, 4) is 0 Å². The van der Waals surface area contributed by atoms with Gasteiger partial charge in [-0.3, -0.25) is 9.59 Å². The summed E-state index contributed by atoms with van der Waals surface area (Å²) in [5.41, 5.74) is 4.04. The number of nitrogens with zero attached hydrogens (tertiary/aromatic N) is 1. The molecule has 5 nitrogen and oxygen atoms in total. The molecule has 1 saturated heterocycles. The zero-order chi connectivity index (χ0) is 19.5. The number of rotatable bonds is 4. The molecule has 0 bridgehead atoms. The molecule has 0 radical (unpaired) electrons. The predicted molar refractivity (Wildman–Crippen MR) is 107 cm³/mol. The Labute approximate surface area is 166 Å². The van der Waals surface area contributed by atoms with Crippen LogP contribution < -0.4 is 5.32 Å². The quantitative estimate of drug-likeness (QED) is 0.875. The SMILES string of the molecule is C[C@H](NC(=O)[C@@H]1CCCN(C(=O)c2ccco2)C1)c1ccc2c(c1)CCCC2. The molecule has 5 heteroatoms. The number of nitrogens with one attached hydrogen (secondary N) is 1. The second kappa shape index (κ2) is 8.21. The van der Waals surface area contributed by atoms with Gasteiger partial charge >= 0.3 is 0 Å². The van der Waals surface area contributed by atoms with Crippen molar-refractivity contribution in [3.05, 3.63) is 59.0 Å². The van der Waals surface area contributed by atoms with Crippen LogP contribution in [0.5, 0.6) is 0 Å². The number of hydrogen-bond acceptors (Lipinski definition) is 3. The third-order valence-corrected chi connectivity index (χ3v) is 6.04. The molecule has 0 unspecified atom stereocenters. The molecule has 1 aliphatic heterocycles. The van der Waals surface area contributed by atoms with Gasteiger partial charge in [-0.05, 0) is 74.3 Å². The van der Waals surface area contributed by atoms with E-state index in [1.807, 2.05) is 6.92 Å². The Morgan fingerprint density at radius 1 is 1.14 bits per heavy atom. The lowest BCUT2D eigenvalue weighted by atomic mass is 9.89. The van der Waals surface area contributed by atoms with Crippen LogP contribution in [0.25, 0.3) is 0 Å². The fraction of sp³-hybridized carbons (Fsp3) is 0.478. The Morgan fingerprint density at radius 2 is 1.96 bits per heavy atom. The Bertz CT molecular complexity index is 844. The summed E-state index contributed by atoms with van der Waals surface area (Å²) in [6.07, 6.45) is 7.96. The molecule has 1 N–H and O–H groups in total. The van der Waals surface area contributed by atoms with E-state index in [1.54, 1.807) is 17.0 Å². The molecule has 1 aromatic heterocycles. The van der Waals surface area contributed by atoms with Crippen molar-refractivity contribution in [2.45, 2.75) is 51.5 Å². The molecular formula is C23H28N2O3. The van der Waals surface area contributed by atoms with Gasteiger partial charge in [0.2, 0.25) is 5.91 Å². The molecule has 2 heterocycles. The van der Waals surface area contributed by atoms with E-state index in [2.05, 4.69) is 23.5 Å². The first-order valence-corrected chi connectivity index (χ1v) is 10.4. The van der Waals surface area contributed by atoms with E-state index in [-0.39, 0.29) is 23.8 Å². The van der Waals surface area contributed by atoms with E-state index in [4.69, 9.17) is 4.42 Å². The molecule has 0 spiro atoms. The molecule has 4 rings (SSSR count). The summed E-state index contributed by atoms with van der Waals surface area (Å²) in [5, 5.41) is 3.17. The number of aryl methyl sites for hydroxylation is 2. The lowest BCUT2D eigenvalue weighted by molar-refractivity contribution is -0.127. The van der Waals surface area contributed by atoms with Gasteiger partial charge < -0.3 is 14.6 Å². The normalized spacial score (nSPS) is 20.3. The number of piperidine rings is 1. The molecule has 0 saturated carbocycles. The Balaban J connectivity index is 1.38. The third kappa shape index (κ3) is 3.98. The lowest BCUT2D eigenvalue weighted by Crippen LogP contribution is -2.45. The van der Waals surface area contributed by atoms with Gasteiger partial charge in [0, 0.05) is 13.1 Å². The maximum atomic E-state index is 12.9. The smallest absolute Gasteiger partial charge is 0.289 e. The van der Waals surface area contributed by atoms with Crippen LogP contribution in [0.4, 0.5) is 0 Å². The number of fused-ring (bicyclic) bond motifs is 1. The highest BCUT2D eigenvalue weighted by Gasteiger charge is 2.30. The predicted octanol–water partition coefficient (Wildman–Crippen LogP) is 3.89. The summed E-state index contributed by atoms with van der Waals surface area (Å²) in [7, 11) is 0. The average molecular weight is 380 g/mol. The topological polar surface area (TPSA) is 62.6 Å². The van der Waals surface area contributed by atoms with E-state index < -0.39 is 0 Å². The highest BCUT2D eigenvalue weighted by Crippen LogP contribution is 2.26. The summed E-state index contributed by atoms with van der Waals surface area (Å²) in [5.74, 6) is 0.0589. The number of benzene rings is 1. The highest BCUT2D eigenvalue weighted by molar-refractivity contribution is 5.92. The first-order chi connectivity index (χ1) is 13.6. The van der Waals surface area contributed by atoms with E-state index in [1.165, 1.54) is 30.2 Å². The van der Waals surface area contributed by atoms with Crippen molar-refractivity contribution < 1.29 is 14.0 Å². The monoisotopic (exact) mass is 380 g/mol. The van der Waals surface area contributed by atoms with Crippen LogP contribution in [0.3, 0.4) is 0 Å². The fourth-order valence-electron chi connectivity index (χ4n) is 4.37. The molecule has 2 aromatic rings. The molecule has 148 valence electrons. The van der Waals surface area contributed by atoms with Crippen LogP contribution in [0.15, 0.2) is 41.0 Å². The zero-order valence-electron chi connectivity index (χ0n) is 16.4. The Morgan fingerprint density at radius 3 is 2.75 bits per heavy atom.